The Morgan fingerprint density at radius 2 is 1.57 bits per heavy atom. The van der Waals surface area contributed by atoms with Gasteiger partial charge < -0.3 is 9.47 Å². The fourth-order valence-electron chi connectivity index (χ4n) is 2.64. The van der Waals surface area contributed by atoms with E-state index in [1.807, 2.05) is 36.4 Å². The van der Waals surface area contributed by atoms with Crippen LogP contribution < -0.4 is 4.74 Å². The Balaban J connectivity index is 1.41. The highest BCUT2D eigenvalue weighted by Crippen LogP contribution is 2.38. The standard InChI is InChI=1S/C19H16O2/c1-2-7-15(8-3-1)19-18(21-19)13-20-17-11-10-14-6-4-5-9-16(14)12-17/h1-12,18-19H,13H2. The third-order valence-corrected chi connectivity index (χ3v) is 3.85. The molecule has 0 aliphatic carbocycles. The van der Waals surface area contributed by atoms with Gasteiger partial charge in [0.2, 0.25) is 0 Å². The average molecular weight is 276 g/mol. The summed E-state index contributed by atoms with van der Waals surface area (Å²) < 4.78 is 11.6. The highest BCUT2D eigenvalue weighted by Gasteiger charge is 2.40. The van der Waals surface area contributed by atoms with Crippen molar-refractivity contribution in [1.29, 1.82) is 0 Å². The fourth-order valence-corrected chi connectivity index (χ4v) is 2.64. The first-order chi connectivity index (χ1) is 10.4. The molecule has 1 aliphatic rings. The van der Waals surface area contributed by atoms with E-state index >= 15 is 0 Å². The van der Waals surface area contributed by atoms with Gasteiger partial charge in [-0.2, -0.15) is 0 Å². The molecule has 3 aromatic carbocycles. The molecule has 1 fully saturated rings. The summed E-state index contributed by atoms with van der Waals surface area (Å²) in [5, 5.41) is 2.43. The SMILES string of the molecule is c1ccc(C2OC2COc2ccc3ccccc3c2)cc1. The summed E-state index contributed by atoms with van der Waals surface area (Å²) in [6.07, 6.45) is 0.352. The van der Waals surface area contributed by atoms with Crippen LogP contribution >= 0.6 is 0 Å². The van der Waals surface area contributed by atoms with Crippen LogP contribution in [0.15, 0.2) is 72.8 Å². The topological polar surface area (TPSA) is 21.8 Å². The average Bonchev–Trinajstić information content (AvgIpc) is 3.33. The van der Waals surface area contributed by atoms with Gasteiger partial charge in [-0.1, -0.05) is 60.7 Å². The molecule has 21 heavy (non-hydrogen) atoms. The molecule has 2 unspecified atom stereocenters. The molecular weight excluding hydrogens is 260 g/mol. The lowest BCUT2D eigenvalue weighted by molar-refractivity contribution is 0.260. The van der Waals surface area contributed by atoms with Gasteiger partial charge >= 0.3 is 0 Å². The van der Waals surface area contributed by atoms with E-state index in [4.69, 9.17) is 9.47 Å². The first-order valence-corrected chi connectivity index (χ1v) is 7.22. The van der Waals surface area contributed by atoms with E-state index in [9.17, 15) is 0 Å². The number of benzene rings is 3. The highest BCUT2D eigenvalue weighted by molar-refractivity contribution is 5.83. The van der Waals surface area contributed by atoms with Gasteiger partial charge in [-0.3, -0.25) is 0 Å². The molecule has 0 N–H and O–H groups in total. The van der Waals surface area contributed by atoms with Crippen LogP contribution in [0.3, 0.4) is 0 Å². The van der Waals surface area contributed by atoms with Crippen molar-refractivity contribution in [2.75, 3.05) is 6.61 Å². The minimum absolute atomic E-state index is 0.166. The second kappa shape index (κ2) is 5.23. The number of fused-ring (bicyclic) bond motifs is 1. The molecule has 1 heterocycles. The van der Waals surface area contributed by atoms with E-state index in [0.29, 0.717) is 6.61 Å². The van der Waals surface area contributed by atoms with Gasteiger partial charge in [-0.15, -0.1) is 0 Å². The van der Waals surface area contributed by atoms with Gasteiger partial charge in [0.25, 0.3) is 0 Å². The van der Waals surface area contributed by atoms with Crippen molar-refractivity contribution < 1.29 is 9.47 Å². The lowest BCUT2D eigenvalue weighted by atomic mass is 10.1. The van der Waals surface area contributed by atoms with E-state index in [1.54, 1.807) is 0 Å². The van der Waals surface area contributed by atoms with Crippen LogP contribution in [0.1, 0.15) is 11.7 Å². The predicted molar refractivity (Wildman–Crippen MR) is 83.5 cm³/mol. The van der Waals surface area contributed by atoms with Gasteiger partial charge in [0.15, 0.2) is 0 Å². The Kier molecular flexibility index (Phi) is 3.09. The van der Waals surface area contributed by atoms with Gasteiger partial charge in [-0.05, 0) is 28.5 Å². The number of ether oxygens (including phenoxy) is 2. The molecule has 0 aromatic heterocycles. The van der Waals surface area contributed by atoms with Crippen molar-refractivity contribution in [2.45, 2.75) is 12.2 Å². The van der Waals surface area contributed by atoms with Crippen LogP contribution in [0.4, 0.5) is 0 Å². The van der Waals surface area contributed by atoms with Crippen molar-refractivity contribution >= 4 is 10.8 Å². The van der Waals surface area contributed by atoms with Crippen LogP contribution in [0.2, 0.25) is 0 Å². The van der Waals surface area contributed by atoms with Crippen molar-refractivity contribution in [3.8, 4) is 5.75 Å². The zero-order valence-electron chi connectivity index (χ0n) is 11.6. The Labute approximate surface area is 123 Å². The minimum atomic E-state index is 0.166. The molecule has 2 atom stereocenters. The zero-order chi connectivity index (χ0) is 14.1. The summed E-state index contributed by atoms with van der Waals surface area (Å²) in [5.74, 6) is 0.899. The predicted octanol–water partition coefficient (Wildman–Crippen LogP) is 4.36. The summed E-state index contributed by atoms with van der Waals surface area (Å²) in [7, 11) is 0. The fraction of sp³-hybridized carbons (Fsp3) is 0.158. The van der Waals surface area contributed by atoms with Gasteiger partial charge in [0.1, 0.15) is 24.6 Å². The second-order valence-electron chi connectivity index (χ2n) is 5.33. The Morgan fingerprint density at radius 3 is 2.43 bits per heavy atom. The van der Waals surface area contributed by atoms with Crippen LogP contribution in [-0.4, -0.2) is 12.7 Å². The van der Waals surface area contributed by atoms with E-state index in [1.165, 1.54) is 16.3 Å². The molecule has 4 rings (SSSR count). The summed E-state index contributed by atoms with van der Waals surface area (Å²) >= 11 is 0. The normalized spacial score (nSPS) is 20.4. The van der Waals surface area contributed by atoms with Crippen LogP contribution in [0, 0.1) is 0 Å². The molecule has 0 amide bonds. The maximum atomic E-state index is 5.86. The Bertz CT molecular complexity index is 752. The molecule has 3 aromatic rings. The Hall–Kier alpha value is -2.32. The van der Waals surface area contributed by atoms with Crippen LogP contribution in [-0.2, 0) is 4.74 Å². The first kappa shape index (κ1) is 12.4. The lowest BCUT2D eigenvalue weighted by Gasteiger charge is -2.05. The monoisotopic (exact) mass is 276 g/mol. The van der Waals surface area contributed by atoms with Crippen molar-refractivity contribution in [2.24, 2.45) is 0 Å². The molecular formula is C19H16O2. The molecule has 2 nitrogen and oxygen atoms in total. The quantitative estimate of drug-likeness (QED) is 0.660. The first-order valence-electron chi connectivity index (χ1n) is 7.22. The summed E-state index contributed by atoms with van der Waals surface area (Å²) in [4.78, 5) is 0. The highest BCUT2D eigenvalue weighted by atomic mass is 16.6. The van der Waals surface area contributed by atoms with Gasteiger partial charge in [0, 0.05) is 0 Å². The lowest BCUT2D eigenvalue weighted by Crippen LogP contribution is -2.05. The molecule has 1 aliphatic heterocycles. The van der Waals surface area contributed by atoms with Crippen LogP contribution in [0.25, 0.3) is 10.8 Å². The molecule has 0 saturated carbocycles. The number of epoxide rings is 1. The molecule has 0 spiro atoms. The van der Waals surface area contributed by atoms with Crippen LogP contribution in [0.5, 0.6) is 5.75 Å². The third kappa shape index (κ3) is 2.63. The molecule has 2 heteroatoms. The third-order valence-electron chi connectivity index (χ3n) is 3.85. The van der Waals surface area contributed by atoms with Crippen molar-refractivity contribution in [3.05, 3.63) is 78.4 Å². The van der Waals surface area contributed by atoms with Gasteiger partial charge in [-0.25, -0.2) is 0 Å². The van der Waals surface area contributed by atoms with E-state index < -0.39 is 0 Å². The number of rotatable bonds is 4. The van der Waals surface area contributed by atoms with E-state index in [-0.39, 0.29) is 12.2 Å². The maximum Gasteiger partial charge on any atom is 0.123 e. The second-order valence-corrected chi connectivity index (χ2v) is 5.33. The van der Waals surface area contributed by atoms with Gasteiger partial charge in [0.05, 0.1) is 0 Å². The summed E-state index contributed by atoms with van der Waals surface area (Å²) in [6, 6.07) is 24.8. The largest absolute Gasteiger partial charge is 0.491 e. The molecule has 0 radical (unpaired) electrons. The number of hydrogen-bond donors (Lipinski definition) is 0. The molecule has 0 bridgehead atoms. The van der Waals surface area contributed by atoms with Crippen molar-refractivity contribution in [1.82, 2.24) is 0 Å². The smallest absolute Gasteiger partial charge is 0.123 e. The molecule has 104 valence electrons. The maximum absolute atomic E-state index is 5.86. The Morgan fingerprint density at radius 1 is 0.810 bits per heavy atom. The minimum Gasteiger partial charge on any atom is -0.491 e. The summed E-state index contributed by atoms with van der Waals surface area (Å²) in [6.45, 7) is 0.595. The van der Waals surface area contributed by atoms with E-state index in [2.05, 4.69) is 36.4 Å². The van der Waals surface area contributed by atoms with E-state index in [0.717, 1.165) is 5.75 Å². The van der Waals surface area contributed by atoms with Crippen molar-refractivity contribution in [3.63, 3.8) is 0 Å². The summed E-state index contributed by atoms with van der Waals surface area (Å²) in [5.41, 5.74) is 1.23. The number of hydrogen-bond acceptors (Lipinski definition) is 2. The molecule has 1 saturated heterocycles. The zero-order valence-corrected chi connectivity index (χ0v) is 11.6.